The third kappa shape index (κ3) is 2.78. The highest BCUT2D eigenvalue weighted by Crippen LogP contribution is 2.28. The van der Waals surface area contributed by atoms with Crippen LogP contribution in [0, 0.1) is 0 Å². The number of hydrazine groups is 1. The Labute approximate surface area is 122 Å². The molecule has 0 saturated carbocycles. The van der Waals surface area contributed by atoms with E-state index in [2.05, 4.69) is 20.3 Å². The van der Waals surface area contributed by atoms with Crippen LogP contribution in [-0.4, -0.2) is 54.6 Å². The molecule has 1 aliphatic rings. The first-order valence-corrected chi connectivity index (χ1v) is 6.97. The highest BCUT2D eigenvalue weighted by molar-refractivity contribution is 5.88. The number of hydrogen-bond donors (Lipinski definition) is 2. The van der Waals surface area contributed by atoms with E-state index in [-0.39, 0.29) is 0 Å². The zero-order valence-corrected chi connectivity index (χ0v) is 12.1. The summed E-state index contributed by atoms with van der Waals surface area (Å²) in [7, 11) is 1.68. The summed E-state index contributed by atoms with van der Waals surface area (Å²) in [6.45, 7) is 4.44. The first-order chi connectivity index (χ1) is 10.3. The number of hydrogen-bond acceptors (Lipinski definition) is 7. The second kappa shape index (κ2) is 6.25. The van der Waals surface area contributed by atoms with Gasteiger partial charge < -0.3 is 24.4 Å². The van der Waals surface area contributed by atoms with Crippen LogP contribution in [0.25, 0.3) is 11.2 Å². The van der Waals surface area contributed by atoms with Crippen molar-refractivity contribution in [1.82, 2.24) is 14.5 Å². The van der Waals surface area contributed by atoms with Gasteiger partial charge in [-0.25, -0.2) is 15.8 Å². The number of ether oxygens (including phenoxy) is 2. The number of nitrogens with zero attached hydrogens (tertiary/aromatic N) is 4. The summed E-state index contributed by atoms with van der Waals surface area (Å²) >= 11 is 0. The van der Waals surface area contributed by atoms with E-state index >= 15 is 0 Å². The number of anilines is 2. The molecule has 0 spiro atoms. The highest BCUT2D eigenvalue weighted by Gasteiger charge is 2.18. The minimum atomic E-state index is 0.611. The minimum Gasteiger partial charge on any atom is -0.383 e. The highest BCUT2D eigenvalue weighted by atomic mass is 16.5. The van der Waals surface area contributed by atoms with Gasteiger partial charge in [0.1, 0.15) is 11.3 Å². The fourth-order valence-electron chi connectivity index (χ4n) is 2.49. The first kappa shape index (κ1) is 14.1. The van der Waals surface area contributed by atoms with Gasteiger partial charge in [0, 0.05) is 32.8 Å². The maximum Gasteiger partial charge on any atom is 0.164 e. The molecule has 0 atom stereocenters. The van der Waals surface area contributed by atoms with Crippen molar-refractivity contribution in [3.8, 4) is 0 Å². The fraction of sp³-hybridized carbons (Fsp3) is 0.538. The number of aromatic nitrogens is 3. The molecule has 114 valence electrons. The van der Waals surface area contributed by atoms with Gasteiger partial charge in [-0.05, 0) is 0 Å². The molecular weight excluding hydrogens is 272 g/mol. The normalized spacial score (nSPS) is 15.6. The molecule has 1 aliphatic heterocycles. The van der Waals surface area contributed by atoms with E-state index in [1.54, 1.807) is 13.4 Å². The monoisotopic (exact) mass is 292 g/mol. The van der Waals surface area contributed by atoms with Gasteiger partial charge in [0.15, 0.2) is 5.65 Å². The summed E-state index contributed by atoms with van der Waals surface area (Å²) in [5, 5.41) is 0. The Morgan fingerprint density at radius 2 is 2.24 bits per heavy atom. The molecule has 0 aliphatic carbocycles. The number of rotatable bonds is 5. The standard InChI is InChI=1S/C13H20N6O2/c1-20-5-2-19-9-15-12-10(18-3-6-21-7-4-18)8-11(17-14)16-13(12)19/h8-9H,2-7,14H2,1H3,(H,16,17). The van der Waals surface area contributed by atoms with Crippen LogP contribution < -0.4 is 16.2 Å². The predicted octanol–water partition coefficient (Wildman–Crippen LogP) is 0.200. The van der Waals surface area contributed by atoms with Gasteiger partial charge >= 0.3 is 0 Å². The van der Waals surface area contributed by atoms with Crippen molar-refractivity contribution in [3.63, 3.8) is 0 Å². The molecule has 2 aromatic rings. The van der Waals surface area contributed by atoms with Gasteiger partial charge in [0.2, 0.25) is 0 Å². The first-order valence-electron chi connectivity index (χ1n) is 6.97. The van der Waals surface area contributed by atoms with Crippen LogP contribution in [0.5, 0.6) is 0 Å². The lowest BCUT2D eigenvalue weighted by Gasteiger charge is -2.29. The van der Waals surface area contributed by atoms with Crippen molar-refractivity contribution >= 4 is 22.7 Å². The van der Waals surface area contributed by atoms with Crippen molar-refractivity contribution < 1.29 is 9.47 Å². The Morgan fingerprint density at radius 3 is 2.95 bits per heavy atom. The van der Waals surface area contributed by atoms with Crippen LogP contribution in [0.3, 0.4) is 0 Å². The Bertz CT molecular complexity index is 608. The second-order valence-corrected chi connectivity index (χ2v) is 4.87. The molecule has 3 rings (SSSR count). The van der Waals surface area contributed by atoms with E-state index < -0.39 is 0 Å². The van der Waals surface area contributed by atoms with Crippen LogP contribution in [0.2, 0.25) is 0 Å². The predicted molar refractivity (Wildman–Crippen MR) is 80.2 cm³/mol. The minimum absolute atomic E-state index is 0.611. The summed E-state index contributed by atoms with van der Waals surface area (Å²) in [5.74, 6) is 6.18. The van der Waals surface area contributed by atoms with Crippen molar-refractivity contribution in [1.29, 1.82) is 0 Å². The number of imidazole rings is 1. The lowest BCUT2D eigenvalue weighted by Crippen LogP contribution is -2.36. The molecule has 0 amide bonds. The molecule has 0 aromatic carbocycles. The molecule has 21 heavy (non-hydrogen) atoms. The summed E-state index contributed by atoms with van der Waals surface area (Å²) in [5.41, 5.74) is 5.36. The van der Waals surface area contributed by atoms with Gasteiger partial charge in [0.05, 0.1) is 31.8 Å². The number of nitrogens with one attached hydrogen (secondary N) is 1. The quantitative estimate of drug-likeness (QED) is 0.601. The van der Waals surface area contributed by atoms with Crippen LogP contribution in [0.4, 0.5) is 11.5 Å². The van der Waals surface area contributed by atoms with Crippen LogP contribution >= 0.6 is 0 Å². The van der Waals surface area contributed by atoms with Crippen LogP contribution in [0.1, 0.15) is 0 Å². The zero-order chi connectivity index (χ0) is 14.7. The number of nitrogen functional groups attached to an aromatic ring is 1. The van der Waals surface area contributed by atoms with Gasteiger partial charge in [-0.2, -0.15) is 0 Å². The van der Waals surface area contributed by atoms with E-state index in [0.717, 1.165) is 43.2 Å². The van der Waals surface area contributed by atoms with Crippen molar-refractivity contribution in [2.75, 3.05) is 50.3 Å². The van der Waals surface area contributed by atoms with Crippen molar-refractivity contribution in [2.45, 2.75) is 6.54 Å². The Balaban J connectivity index is 2.03. The molecule has 0 unspecified atom stereocenters. The van der Waals surface area contributed by atoms with Gasteiger partial charge in [-0.1, -0.05) is 0 Å². The zero-order valence-electron chi connectivity index (χ0n) is 12.1. The summed E-state index contributed by atoms with van der Waals surface area (Å²) in [6.07, 6.45) is 1.79. The van der Waals surface area contributed by atoms with E-state index in [1.165, 1.54) is 0 Å². The fourth-order valence-corrected chi connectivity index (χ4v) is 2.49. The molecular formula is C13H20N6O2. The van der Waals surface area contributed by atoms with Crippen molar-refractivity contribution in [3.05, 3.63) is 12.4 Å². The molecule has 8 nitrogen and oxygen atoms in total. The molecule has 1 saturated heterocycles. The van der Waals surface area contributed by atoms with E-state index in [4.69, 9.17) is 15.3 Å². The molecule has 3 N–H and O–H groups in total. The molecule has 3 heterocycles. The van der Waals surface area contributed by atoms with Gasteiger partial charge in [-0.3, -0.25) is 0 Å². The molecule has 0 radical (unpaired) electrons. The number of morpholine rings is 1. The maximum atomic E-state index is 5.55. The maximum absolute atomic E-state index is 5.55. The van der Waals surface area contributed by atoms with Gasteiger partial charge in [-0.15, -0.1) is 0 Å². The number of methoxy groups -OCH3 is 1. The topological polar surface area (TPSA) is 90.5 Å². The molecule has 0 bridgehead atoms. The van der Waals surface area contributed by atoms with Crippen LogP contribution in [0.15, 0.2) is 12.4 Å². The third-order valence-electron chi connectivity index (χ3n) is 3.59. The second-order valence-electron chi connectivity index (χ2n) is 4.87. The van der Waals surface area contributed by atoms with Crippen molar-refractivity contribution in [2.24, 2.45) is 5.84 Å². The molecule has 1 fully saturated rings. The average molecular weight is 292 g/mol. The van der Waals surface area contributed by atoms with Gasteiger partial charge in [0.25, 0.3) is 0 Å². The van der Waals surface area contributed by atoms with Crippen LogP contribution in [-0.2, 0) is 16.0 Å². The SMILES string of the molecule is COCCn1cnc2c(N3CCOCC3)cc(NN)nc21. The summed E-state index contributed by atoms with van der Waals surface area (Å²) < 4.78 is 12.5. The summed E-state index contributed by atoms with van der Waals surface area (Å²) in [6, 6.07) is 1.93. The van der Waals surface area contributed by atoms with E-state index in [1.807, 2.05) is 10.6 Å². The Morgan fingerprint density at radius 1 is 1.43 bits per heavy atom. The lowest BCUT2D eigenvalue weighted by molar-refractivity contribution is 0.123. The average Bonchev–Trinajstić information content (AvgIpc) is 2.95. The third-order valence-corrected chi connectivity index (χ3v) is 3.59. The number of pyridine rings is 1. The van der Waals surface area contributed by atoms with E-state index in [0.29, 0.717) is 19.0 Å². The molecule has 2 aromatic heterocycles. The lowest BCUT2D eigenvalue weighted by atomic mass is 10.2. The number of fused-ring (bicyclic) bond motifs is 1. The smallest absolute Gasteiger partial charge is 0.164 e. The van der Waals surface area contributed by atoms with E-state index in [9.17, 15) is 0 Å². The Hall–Kier alpha value is -1.90. The molecule has 8 heteroatoms. The summed E-state index contributed by atoms with van der Waals surface area (Å²) in [4.78, 5) is 11.3. The number of nitrogens with two attached hydrogens (primary N) is 1. The largest absolute Gasteiger partial charge is 0.383 e. The Kier molecular flexibility index (Phi) is 4.18.